The number of hydrogen-bond donors (Lipinski definition) is 0. The molecular formula is C22H26N2O3. The van der Waals surface area contributed by atoms with Crippen LogP contribution in [0.3, 0.4) is 0 Å². The zero-order valence-electron chi connectivity index (χ0n) is 15.8. The molecule has 0 radical (unpaired) electrons. The van der Waals surface area contributed by atoms with Crippen LogP contribution in [0.4, 0.5) is 0 Å². The van der Waals surface area contributed by atoms with Crippen LogP contribution >= 0.6 is 0 Å². The Kier molecular flexibility index (Phi) is 5.23. The summed E-state index contributed by atoms with van der Waals surface area (Å²) in [4.78, 5) is 18.7. The van der Waals surface area contributed by atoms with E-state index in [1.165, 1.54) is 0 Å². The molecule has 0 unspecified atom stereocenters. The number of likely N-dealkylation sites (tertiary alicyclic amines) is 1. The molecule has 1 amide bonds. The fourth-order valence-corrected chi connectivity index (χ4v) is 4.16. The second-order valence-corrected chi connectivity index (χ2v) is 7.57. The molecule has 5 nitrogen and oxygen atoms in total. The average molecular weight is 366 g/mol. The summed E-state index contributed by atoms with van der Waals surface area (Å²) < 4.78 is 11.9. The molecule has 2 aromatic rings. The molecule has 2 fully saturated rings. The van der Waals surface area contributed by atoms with Gasteiger partial charge < -0.3 is 14.4 Å². The minimum atomic E-state index is -0.168. The van der Waals surface area contributed by atoms with Gasteiger partial charge in [0, 0.05) is 31.2 Å². The quantitative estimate of drug-likeness (QED) is 0.737. The van der Waals surface area contributed by atoms with Crippen LogP contribution in [-0.2, 0) is 16.1 Å². The first-order valence-electron chi connectivity index (χ1n) is 9.63. The van der Waals surface area contributed by atoms with Gasteiger partial charge in [0.1, 0.15) is 5.60 Å². The van der Waals surface area contributed by atoms with E-state index in [-0.39, 0.29) is 11.5 Å². The van der Waals surface area contributed by atoms with Crippen molar-refractivity contribution in [3.05, 3.63) is 65.5 Å². The Hall–Kier alpha value is -2.24. The highest BCUT2D eigenvalue weighted by molar-refractivity contribution is 5.96. The summed E-state index contributed by atoms with van der Waals surface area (Å²) in [5.41, 5.74) is 2.79. The van der Waals surface area contributed by atoms with Crippen LogP contribution in [0.15, 0.2) is 48.8 Å². The van der Waals surface area contributed by atoms with Gasteiger partial charge >= 0.3 is 0 Å². The zero-order chi connectivity index (χ0) is 18.7. The van der Waals surface area contributed by atoms with Crippen molar-refractivity contribution in [2.75, 3.05) is 26.3 Å². The largest absolute Gasteiger partial charge is 0.377 e. The lowest BCUT2D eigenvalue weighted by Crippen LogP contribution is -2.66. The number of aromatic nitrogens is 1. The molecule has 0 aliphatic carbocycles. The van der Waals surface area contributed by atoms with Gasteiger partial charge in [-0.1, -0.05) is 18.2 Å². The first kappa shape index (κ1) is 18.1. The lowest BCUT2D eigenvalue weighted by atomic mass is 9.78. The van der Waals surface area contributed by atoms with Gasteiger partial charge in [0.05, 0.1) is 19.7 Å². The molecule has 1 spiro atoms. The molecule has 5 heteroatoms. The van der Waals surface area contributed by atoms with E-state index >= 15 is 0 Å². The summed E-state index contributed by atoms with van der Waals surface area (Å²) in [6.07, 6.45) is 5.59. The van der Waals surface area contributed by atoms with Crippen molar-refractivity contribution in [2.45, 2.75) is 32.0 Å². The highest BCUT2D eigenvalue weighted by Gasteiger charge is 2.54. The highest BCUT2D eigenvalue weighted by atomic mass is 16.5. The average Bonchev–Trinajstić information content (AvgIpc) is 3.09. The van der Waals surface area contributed by atoms with Crippen LogP contribution in [0, 0.1) is 12.8 Å². The van der Waals surface area contributed by atoms with Crippen molar-refractivity contribution in [1.29, 1.82) is 0 Å². The van der Waals surface area contributed by atoms with Crippen molar-refractivity contribution in [3.63, 3.8) is 0 Å². The second-order valence-electron chi connectivity index (χ2n) is 7.57. The van der Waals surface area contributed by atoms with Gasteiger partial charge in [-0.2, -0.15) is 0 Å². The summed E-state index contributed by atoms with van der Waals surface area (Å²) in [5, 5.41) is 0. The molecular weight excluding hydrogens is 340 g/mol. The molecule has 2 aliphatic rings. The standard InChI is InChI=1S/C22H26N2O3/c1-17-4-2-3-5-20(17)21(25)24-15-22(16-24)19(9-13-27-22)8-12-26-14-18-6-10-23-11-7-18/h2-7,10-11,19H,8-9,12-16H2,1H3/t19-/m0/s1. The van der Waals surface area contributed by atoms with Crippen molar-refractivity contribution >= 4 is 5.91 Å². The van der Waals surface area contributed by atoms with Gasteiger partial charge in [-0.25, -0.2) is 0 Å². The van der Waals surface area contributed by atoms with Gasteiger partial charge in [-0.3, -0.25) is 9.78 Å². The SMILES string of the molecule is Cc1ccccc1C(=O)N1CC2(C1)OCC[C@@H]2CCOCc1ccncc1. The Morgan fingerprint density at radius 1 is 1.26 bits per heavy atom. The maximum atomic E-state index is 12.8. The zero-order valence-corrected chi connectivity index (χ0v) is 15.8. The molecule has 1 aromatic heterocycles. The third-order valence-corrected chi connectivity index (χ3v) is 5.81. The minimum Gasteiger partial charge on any atom is -0.377 e. The Morgan fingerprint density at radius 3 is 2.81 bits per heavy atom. The molecule has 27 heavy (non-hydrogen) atoms. The maximum Gasteiger partial charge on any atom is 0.254 e. The highest BCUT2D eigenvalue weighted by Crippen LogP contribution is 2.42. The minimum absolute atomic E-state index is 0.113. The number of pyridine rings is 1. The molecule has 0 N–H and O–H groups in total. The van der Waals surface area contributed by atoms with Gasteiger partial charge in [0.2, 0.25) is 0 Å². The van der Waals surface area contributed by atoms with E-state index < -0.39 is 0 Å². The number of hydrogen-bond acceptors (Lipinski definition) is 4. The number of carbonyl (C=O) groups is 1. The molecule has 3 heterocycles. The molecule has 1 atom stereocenters. The van der Waals surface area contributed by atoms with Crippen molar-refractivity contribution in [1.82, 2.24) is 9.88 Å². The van der Waals surface area contributed by atoms with Gasteiger partial charge in [-0.05, 0) is 55.0 Å². The number of rotatable bonds is 6. The van der Waals surface area contributed by atoms with Crippen LogP contribution in [0.1, 0.15) is 34.3 Å². The molecule has 0 saturated carbocycles. The first-order valence-corrected chi connectivity index (χ1v) is 9.63. The summed E-state index contributed by atoms with van der Waals surface area (Å²) in [6.45, 7) is 5.47. The topological polar surface area (TPSA) is 51.7 Å². The molecule has 2 saturated heterocycles. The number of nitrogens with zero attached hydrogens (tertiary/aromatic N) is 2. The predicted octanol–water partition coefficient (Wildman–Crippen LogP) is 3.23. The van der Waals surface area contributed by atoms with E-state index in [0.717, 1.165) is 36.1 Å². The first-order chi connectivity index (χ1) is 13.2. The lowest BCUT2D eigenvalue weighted by Gasteiger charge is -2.50. The fraction of sp³-hybridized carbons (Fsp3) is 0.455. The molecule has 0 bridgehead atoms. The van der Waals surface area contributed by atoms with Crippen molar-refractivity contribution in [2.24, 2.45) is 5.92 Å². The number of benzene rings is 1. The number of amides is 1. The summed E-state index contributed by atoms with van der Waals surface area (Å²) in [5.74, 6) is 0.567. The normalized spacial score (nSPS) is 20.6. The van der Waals surface area contributed by atoms with Gasteiger partial charge in [-0.15, -0.1) is 0 Å². The fourth-order valence-electron chi connectivity index (χ4n) is 4.16. The number of ether oxygens (including phenoxy) is 2. The Labute approximate surface area is 160 Å². The van der Waals surface area contributed by atoms with E-state index in [4.69, 9.17) is 9.47 Å². The van der Waals surface area contributed by atoms with E-state index in [2.05, 4.69) is 4.98 Å². The maximum absolute atomic E-state index is 12.8. The van der Waals surface area contributed by atoms with E-state index in [1.807, 2.05) is 48.2 Å². The van der Waals surface area contributed by atoms with Crippen molar-refractivity contribution in [3.8, 4) is 0 Å². The Morgan fingerprint density at radius 2 is 2.04 bits per heavy atom. The second kappa shape index (κ2) is 7.79. The van der Waals surface area contributed by atoms with Crippen molar-refractivity contribution < 1.29 is 14.3 Å². The van der Waals surface area contributed by atoms with Crippen LogP contribution in [0.2, 0.25) is 0 Å². The van der Waals surface area contributed by atoms with E-state index in [1.54, 1.807) is 12.4 Å². The Balaban J connectivity index is 1.28. The number of carbonyl (C=O) groups excluding carboxylic acids is 1. The van der Waals surface area contributed by atoms with Crippen LogP contribution in [-0.4, -0.2) is 47.7 Å². The van der Waals surface area contributed by atoms with Gasteiger partial charge in [0.25, 0.3) is 5.91 Å². The Bertz CT molecular complexity index is 787. The number of aryl methyl sites for hydroxylation is 1. The third kappa shape index (κ3) is 3.75. The smallest absolute Gasteiger partial charge is 0.254 e. The summed E-state index contributed by atoms with van der Waals surface area (Å²) >= 11 is 0. The van der Waals surface area contributed by atoms with E-state index in [9.17, 15) is 4.79 Å². The van der Waals surface area contributed by atoms with E-state index in [0.29, 0.717) is 32.2 Å². The van der Waals surface area contributed by atoms with Crippen LogP contribution in [0.25, 0.3) is 0 Å². The summed E-state index contributed by atoms with van der Waals surface area (Å²) in [6, 6.07) is 11.7. The van der Waals surface area contributed by atoms with Gasteiger partial charge in [0.15, 0.2) is 0 Å². The van der Waals surface area contributed by atoms with Crippen LogP contribution in [0.5, 0.6) is 0 Å². The molecule has 1 aromatic carbocycles. The predicted molar refractivity (Wildman–Crippen MR) is 102 cm³/mol. The molecule has 4 rings (SSSR count). The lowest BCUT2D eigenvalue weighted by molar-refractivity contribution is -0.120. The summed E-state index contributed by atoms with van der Waals surface area (Å²) in [7, 11) is 0. The molecule has 2 aliphatic heterocycles. The molecule has 142 valence electrons. The van der Waals surface area contributed by atoms with Crippen LogP contribution < -0.4 is 0 Å². The monoisotopic (exact) mass is 366 g/mol. The third-order valence-electron chi connectivity index (χ3n) is 5.81.